The number of hydrogen-bond donors (Lipinski definition) is 1. The standard InChI is InChI=1S/C17H14ClN3O5/c1-2-7-20-16(22)13(19-17(20)23)9-11-4-6-15(26-11)12-5-3-10(18)8-14(12)21(24)25/h3-6,8-9H,2,7H2,1H3,(H,19,23)/b13-9+. The normalized spacial score (nSPS) is 15.6. The minimum atomic E-state index is -0.550. The fourth-order valence-corrected chi connectivity index (χ4v) is 2.75. The number of imide groups is 1. The molecule has 9 heteroatoms. The third-order valence-electron chi connectivity index (χ3n) is 3.74. The largest absolute Gasteiger partial charge is 0.456 e. The Bertz CT molecular complexity index is 934. The molecule has 134 valence electrons. The van der Waals surface area contributed by atoms with Gasteiger partial charge in [0.1, 0.15) is 17.2 Å². The van der Waals surface area contributed by atoms with E-state index in [-0.39, 0.29) is 33.5 Å². The molecule has 1 fully saturated rings. The van der Waals surface area contributed by atoms with Crippen LogP contribution in [0.2, 0.25) is 5.02 Å². The van der Waals surface area contributed by atoms with Crippen LogP contribution in [-0.2, 0) is 4.79 Å². The number of hydrogen-bond acceptors (Lipinski definition) is 5. The summed E-state index contributed by atoms with van der Waals surface area (Å²) in [6.45, 7) is 2.18. The minimum Gasteiger partial charge on any atom is -0.456 e. The summed E-state index contributed by atoms with van der Waals surface area (Å²) in [7, 11) is 0. The number of urea groups is 1. The van der Waals surface area contributed by atoms with Gasteiger partial charge in [0.05, 0.1) is 10.5 Å². The second kappa shape index (κ2) is 7.01. The second-order valence-corrected chi connectivity index (χ2v) is 6.00. The molecule has 0 radical (unpaired) electrons. The van der Waals surface area contributed by atoms with Gasteiger partial charge >= 0.3 is 6.03 Å². The Kier molecular flexibility index (Phi) is 4.77. The van der Waals surface area contributed by atoms with Crippen LogP contribution in [0.3, 0.4) is 0 Å². The number of amides is 3. The molecule has 0 unspecified atom stereocenters. The van der Waals surface area contributed by atoms with E-state index in [0.717, 1.165) is 4.90 Å². The van der Waals surface area contributed by atoms with E-state index in [2.05, 4.69) is 5.32 Å². The van der Waals surface area contributed by atoms with Crippen molar-refractivity contribution in [1.82, 2.24) is 10.2 Å². The predicted octanol–water partition coefficient (Wildman–Crippen LogP) is 3.81. The van der Waals surface area contributed by atoms with E-state index in [1.165, 1.54) is 24.3 Å². The fourth-order valence-electron chi connectivity index (χ4n) is 2.58. The molecule has 1 aliphatic rings. The third kappa shape index (κ3) is 3.31. The van der Waals surface area contributed by atoms with Gasteiger partial charge in [0, 0.05) is 23.7 Å². The summed E-state index contributed by atoms with van der Waals surface area (Å²) in [6.07, 6.45) is 2.04. The van der Waals surface area contributed by atoms with Crippen LogP contribution in [0.15, 0.2) is 40.4 Å². The molecular formula is C17H14ClN3O5. The van der Waals surface area contributed by atoms with Gasteiger partial charge in [0.2, 0.25) is 0 Å². The molecule has 1 saturated heterocycles. The van der Waals surface area contributed by atoms with E-state index in [0.29, 0.717) is 13.0 Å². The van der Waals surface area contributed by atoms with E-state index in [1.807, 2.05) is 6.92 Å². The number of nitro benzene ring substituents is 1. The highest BCUT2D eigenvalue weighted by molar-refractivity contribution is 6.30. The lowest BCUT2D eigenvalue weighted by atomic mass is 10.1. The molecule has 2 heterocycles. The zero-order valence-electron chi connectivity index (χ0n) is 13.7. The van der Waals surface area contributed by atoms with Crippen molar-refractivity contribution in [2.24, 2.45) is 0 Å². The fraction of sp³-hybridized carbons (Fsp3) is 0.176. The highest BCUT2D eigenvalue weighted by Crippen LogP contribution is 2.33. The number of nitro groups is 1. The first-order valence-corrected chi connectivity index (χ1v) is 8.17. The molecule has 1 N–H and O–H groups in total. The molecule has 2 aromatic rings. The maximum absolute atomic E-state index is 12.2. The highest BCUT2D eigenvalue weighted by atomic mass is 35.5. The molecule has 0 atom stereocenters. The molecule has 0 bridgehead atoms. The van der Waals surface area contributed by atoms with E-state index in [4.69, 9.17) is 16.0 Å². The maximum atomic E-state index is 12.2. The molecule has 1 aromatic heterocycles. The number of carbonyl (C=O) groups excluding carboxylic acids is 2. The number of halogens is 1. The molecule has 1 aromatic carbocycles. The van der Waals surface area contributed by atoms with Gasteiger partial charge in [0.15, 0.2) is 0 Å². The summed E-state index contributed by atoms with van der Waals surface area (Å²) >= 11 is 5.81. The van der Waals surface area contributed by atoms with Crippen LogP contribution in [0.4, 0.5) is 10.5 Å². The molecule has 8 nitrogen and oxygen atoms in total. The van der Waals surface area contributed by atoms with Gasteiger partial charge in [0.25, 0.3) is 11.6 Å². The van der Waals surface area contributed by atoms with Crippen LogP contribution in [0.5, 0.6) is 0 Å². The Hall–Kier alpha value is -3.13. The van der Waals surface area contributed by atoms with Gasteiger partial charge in [-0.25, -0.2) is 4.79 Å². The van der Waals surface area contributed by atoms with Crippen LogP contribution in [0.1, 0.15) is 19.1 Å². The van der Waals surface area contributed by atoms with E-state index in [1.54, 1.807) is 12.1 Å². The Morgan fingerprint density at radius 1 is 1.31 bits per heavy atom. The number of benzene rings is 1. The van der Waals surface area contributed by atoms with Crippen LogP contribution in [0.25, 0.3) is 17.4 Å². The Morgan fingerprint density at radius 3 is 2.77 bits per heavy atom. The average molecular weight is 376 g/mol. The molecule has 26 heavy (non-hydrogen) atoms. The number of nitrogens with one attached hydrogen (secondary N) is 1. The first-order valence-electron chi connectivity index (χ1n) is 7.79. The van der Waals surface area contributed by atoms with Crippen molar-refractivity contribution in [3.63, 3.8) is 0 Å². The summed E-state index contributed by atoms with van der Waals surface area (Å²) in [5.74, 6) is 0.0981. The summed E-state index contributed by atoms with van der Waals surface area (Å²) < 4.78 is 5.60. The van der Waals surface area contributed by atoms with Gasteiger partial charge in [-0.1, -0.05) is 18.5 Å². The van der Waals surface area contributed by atoms with Gasteiger partial charge in [-0.2, -0.15) is 0 Å². The quantitative estimate of drug-likeness (QED) is 0.370. The SMILES string of the molecule is CCCN1C(=O)N/C(=C/c2ccc(-c3ccc(Cl)cc3[N+](=O)[O-])o2)C1=O. The number of nitrogens with zero attached hydrogens (tertiary/aromatic N) is 2. The molecule has 3 rings (SSSR count). The maximum Gasteiger partial charge on any atom is 0.329 e. The smallest absolute Gasteiger partial charge is 0.329 e. The highest BCUT2D eigenvalue weighted by Gasteiger charge is 2.33. The lowest BCUT2D eigenvalue weighted by molar-refractivity contribution is -0.384. The van der Waals surface area contributed by atoms with Gasteiger partial charge in [-0.15, -0.1) is 0 Å². The first kappa shape index (κ1) is 17.7. The van der Waals surface area contributed by atoms with Crippen molar-refractivity contribution in [3.05, 3.63) is 56.9 Å². The van der Waals surface area contributed by atoms with Gasteiger partial charge in [-0.3, -0.25) is 19.8 Å². The van der Waals surface area contributed by atoms with Crippen molar-refractivity contribution in [1.29, 1.82) is 0 Å². The average Bonchev–Trinajstić information content (AvgIpc) is 3.15. The predicted molar refractivity (Wildman–Crippen MR) is 94.3 cm³/mol. The third-order valence-corrected chi connectivity index (χ3v) is 3.98. The van der Waals surface area contributed by atoms with Crippen molar-refractivity contribution in [2.75, 3.05) is 6.54 Å². The van der Waals surface area contributed by atoms with Crippen molar-refractivity contribution in [3.8, 4) is 11.3 Å². The summed E-state index contributed by atoms with van der Waals surface area (Å²) in [5.41, 5.74) is 0.166. The van der Waals surface area contributed by atoms with Crippen LogP contribution in [0, 0.1) is 10.1 Å². The van der Waals surface area contributed by atoms with E-state index < -0.39 is 16.9 Å². The molecular weight excluding hydrogens is 362 g/mol. The molecule has 0 aliphatic carbocycles. The van der Waals surface area contributed by atoms with Crippen molar-refractivity contribution >= 4 is 35.3 Å². The van der Waals surface area contributed by atoms with Gasteiger partial charge in [-0.05, 0) is 30.7 Å². The molecule has 1 aliphatic heterocycles. The summed E-state index contributed by atoms with van der Waals surface area (Å²) in [6, 6.07) is 6.87. The lowest BCUT2D eigenvalue weighted by Crippen LogP contribution is -2.31. The second-order valence-electron chi connectivity index (χ2n) is 5.57. The Labute approximate surface area is 153 Å². The lowest BCUT2D eigenvalue weighted by Gasteiger charge is -2.08. The molecule has 0 saturated carbocycles. The zero-order valence-corrected chi connectivity index (χ0v) is 14.4. The summed E-state index contributed by atoms with van der Waals surface area (Å²) in [5, 5.41) is 13.9. The van der Waals surface area contributed by atoms with Crippen molar-refractivity contribution < 1.29 is 18.9 Å². The van der Waals surface area contributed by atoms with Crippen molar-refractivity contribution in [2.45, 2.75) is 13.3 Å². The van der Waals surface area contributed by atoms with Crippen LogP contribution >= 0.6 is 11.6 Å². The number of rotatable bonds is 5. The van der Waals surface area contributed by atoms with E-state index in [9.17, 15) is 19.7 Å². The zero-order chi connectivity index (χ0) is 18.8. The molecule has 0 spiro atoms. The Morgan fingerprint density at radius 2 is 2.08 bits per heavy atom. The number of carbonyl (C=O) groups is 2. The van der Waals surface area contributed by atoms with Gasteiger partial charge < -0.3 is 9.73 Å². The minimum absolute atomic E-state index is 0.0926. The van der Waals surface area contributed by atoms with E-state index >= 15 is 0 Å². The summed E-state index contributed by atoms with van der Waals surface area (Å²) in [4.78, 5) is 35.8. The topological polar surface area (TPSA) is 106 Å². The monoisotopic (exact) mass is 375 g/mol. The molecule has 3 amide bonds. The first-order chi connectivity index (χ1) is 12.4. The van der Waals surface area contributed by atoms with Crippen LogP contribution < -0.4 is 5.32 Å². The van der Waals surface area contributed by atoms with Crippen LogP contribution in [-0.4, -0.2) is 28.3 Å². The number of furan rings is 1. The Balaban J connectivity index is 1.91.